The maximum absolute atomic E-state index is 11.2. The Morgan fingerprint density at radius 2 is 1.32 bits per heavy atom. The van der Waals surface area contributed by atoms with Crippen molar-refractivity contribution in [3.63, 3.8) is 0 Å². The highest BCUT2D eigenvalue weighted by Gasteiger charge is 2.12. The lowest BCUT2D eigenvalue weighted by molar-refractivity contribution is -0.143. The van der Waals surface area contributed by atoms with Crippen molar-refractivity contribution in [1.29, 1.82) is 0 Å². The zero-order valence-corrected chi connectivity index (χ0v) is 16.9. The number of furan rings is 1. The van der Waals surface area contributed by atoms with E-state index in [9.17, 15) is 4.79 Å². The molecule has 1 heterocycles. The van der Waals surface area contributed by atoms with Gasteiger partial charge in [0.25, 0.3) is 0 Å². The van der Waals surface area contributed by atoms with Gasteiger partial charge < -0.3 is 9.15 Å². The zero-order valence-electron chi connectivity index (χ0n) is 16.9. The molecule has 0 atom stereocenters. The lowest BCUT2D eigenvalue weighted by Gasteiger charge is -2.03. The van der Waals surface area contributed by atoms with Gasteiger partial charge in [-0.3, -0.25) is 4.79 Å². The average molecular weight is 351 g/mol. The Hall–Kier alpha value is -1.25. The van der Waals surface area contributed by atoms with Crippen LogP contribution in [0, 0.1) is 13.8 Å². The first-order valence-corrected chi connectivity index (χ1v) is 10.3. The van der Waals surface area contributed by atoms with Crippen LogP contribution >= 0.6 is 0 Å². The number of rotatable bonds is 14. The standard InChI is InChI=1S/C22H38O3/c1-5-7-12-15-20-18(3)19(4)21(25-20)16-13-10-8-9-11-14-17-22(23)24-6-2/h5-17H2,1-4H3. The summed E-state index contributed by atoms with van der Waals surface area (Å²) in [5.41, 5.74) is 2.73. The van der Waals surface area contributed by atoms with Gasteiger partial charge in [-0.2, -0.15) is 0 Å². The highest BCUT2D eigenvalue weighted by molar-refractivity contribution is 5.69. The second-order valence-electron chi connectivity index (χ2n) is 7.08. The van der Waals surface area contributed by atoms with Crippen LogP contribution in [0.4, 0.5) is 0 Å². The molecule has 3 heteroatoms. The zero-order chi connectivity index (χ0) is 18.5. The van der Waals surface area contributed by atoms with Crippen molar-refractivity contribution in [3.05, 3.63) is 22.6 Å². The monoisotopic (exact) mass is 350 g/mol. The van der Waals surface area contributed by atoms with Crippen molar-refractivity contribution >= 4 is 5.97 Å². The molecule has 0 aliphatic rings. The van der Waals surface area contributed by atoms with Gasteiger partial charge in [0.2, 0.25) is 0 Å². The summed E-state index contributed by atoms with van der Waals surface area (Å²) in [6.07, 6.45) is 13.4. The Labute approximate surface area is 154 Å². The smallest absolute Gasteiger partial charge is 0.305 e. The summed E-state index contributed by atoms with van der Waals surface area (Å²) < 4.78 is 11.1. The molecule has 1 rings (SSSR count). The molecule has 0 aliphatic carbocycles. The van der Waals surface area contributed by atoms with E-state index in [0.29, 0.717) is 13.0 Å². The molecule has 0 bridgehead atoms. The van der Waals surface area contributed by atoms with Crippen LogP contribution in [0.2, 0.25) is 0 Å². The first kappa shape index (κ1) is 21.8. The van der Waals surface area contributed by atoms with Crippen LogP contribution < -0.4 is 0 Å². The second-order valence-corrected chi connectivity index (χ2v) is 7.08. The topological polar surface area (TPSA) is 39.4 Å². The summed E-state index contributed by atoms with van der Waals surface area (Å²) in [4.78, 5) is 11.2. The molecule has 0 unspecified atom stereocenters. The van der Waals surface area contributed by atoms with Crippen molar-refractivity contribution in [2.75, 3.05) is 6.61 Å². The highest BCUT2D eigenvalue weighted by atomic mass is 16.5. The Balaban J connectivity index is 2.15. The van der Waals surface area contributed by atoms with E-state index >= 15 is 0 Å². The number of esters is 1. The van der Waals surface area contributed by atoms with Gasteiger partial charge in [-0.15, -0.1) is 0 Å². The normalized spacial score (nSPS) is 11.0. The van der Waals surface area contributed by atoms with E-state index in [-0.39, 0.29) is 5.97 Å². The molecule has 0 saturated carbocycles. The molecule has 1 aromatic heterocycles. The van der Waals surface area contributed by atoms with Crippen LogP contribution in [0.1, 0.15) is 101 Å². The molecule has 0 radical (unpaired) electrons. The first-order chi connectivity index (χ1) is 12.1. The van der Waals surface area contributed by atoms with Gasteiger partial charge in [0.1, 0.15) is 11.5 Å². The molecule has 144 valence electrons. The van der Waals surface area contributed by atoms with Gasteiger partial charge in [-0.25, -0.2) is 0 Å². The van der Waals surface area contributed by atoms with Crippen molar-refractivity contribution in [1.82, 2.24) is 0 Å². The van der Waals surface area contributed by atoms with Gasteiger partial charge in [-0.05, 0) is 51.2 Å². The van der Waals surface area contributed by atoms with Crippen LogP contribution in [-0.4, -0.2) is 12.6 Å². The molecule has 25 heavy (non-hydrogen) atoms. The third-order valence-corrected chi connectivity index (χ3v) is 4.99. The van der Waals surface area contributed by atoms with Crippen LogP contribution in [0.25, 0.3) is 0 Å². The summed E-state index contributed by atoms with van der Waals surface area (Å²) in [7, 11) is 0. The predicted octanol–water partition coefficient (Wildman–Crippen LogP) is 6.47. The highest BCUT2D eigenvalue weighted by Crippen LogP contribution is 2.25. The van der Waals surface area contributed by atoms with E-state index in [2.05, 4.69) is 20.8 Å². The minimum Gasteiger partial charge on any atom is -0.466 e. The van der Waals surface area contributed by atoms with E-state index in [4.69, 9.17) is 9.15 Å². The second kappa shape index (κ2) is 13.0. The Bertz CT molecular complexity index is 488. The fourth-order valence-corrected chi connectivity index (χ4v) is 3.23. The lowest BCUT2D eigenvalue weighted by Crippen LogP contribution is -2.03. The number of unbranched alkanes of at least 4 members (excludes halogenated alkanes) is 7. The Morgan fingerprint density at radius 1 is 0.800 bits per heavy atom. The fourth-order valence-electron chi connectivity index (χ4n) is 3.23. The molecule has 0 aromatic carbocycles. The van der Waals surface area contributed by atoms with Gasteiger partial charge in [0, 0.05) is 19.3 Å². The van der Waals surface area contributed by atoms with Gasteiger partial charge in [0.15, 0.2) is 0 Å². The lowest BCUT2D eigenvalue weighted by atomic mass is 10.0. The van der Waals surface area contributed by atoms with Gasteiger partial charge in [0.05, 0.1) is 6.61 Å². The van der Waals surface area contributed by atoms with E-state index in [0.717, 1.165) is 25.7 Å². The maximum Gasteiger partial charge on any atom is 0.305 e. The molecule has 0 fully saturated rings. The van der Waals surface area contributed by atoms with Crippen molar-refractivity contribution < 1.29 is 13.9 Å². The quantitative estimate of drug-likeness (QED) is 0.285. The fraction of sp³-hybridized carbons (Fsp3) is 0.773. The molecule has 0 amide bonds. The molecule has 0 spiro atoms. The molecule has 0 aliphatic heterocycles. The van der Waals surface area contributed by atoms with E-state index in [1.165, 1.54) is 67.6 Å². The number of hydrogen-bond donors (Lipinski definition) is 0. The van der Waals surface area contributed by atoms with E-state index < -0.39 is 0 Å². The molecule has 3 nitrogen and oxygen atoms in total. The number of hydrogen-bond acceptors (Lipinski definition) is 3. The SMILES string of the molecule is CCCCCc1oc(CCCCCCCCC(=O)OCC)c(C)c1C. The third-order valence-electron chi connectivity index (χ3n) is 4.99. The van der Waals surface area contributed by atoms with Crippen molar-refractivity contribution in [2.45, 2.75) is 105 Å². The van der Waals surface area contributed by atoms with Gasteiger partial charge >= 0.3 is 5.97 Å². The summed E-state index contributed by atoms with van der Waals surface area (Å²) in [6, 6.07) is 0. The number of carbonyl (C=O) groups excluding carboxylic acids is 1. The average Bonchev–Trinajstić information content (AvgIpc) is 2.86. The molecule has 0 saturated heterocycles. The Kier molecular flexibility index (Phi) is 11.3. The van der Waals surface area contributed by atoms with Crippen LogP contribution in [-0.2, 0) is 22.4 Å². The van der Waals surface area contributed by atoms with E-state index in [1.54, 1.807) is 0 Å². The summed E-state index contributed by atoms with van der Waals surface area (Å²) in [6.45, 7) is 8.99. The molecule has 0 N–H and O–H groups in total. The number of aryl methyl sites for hydroxylation is 2. The first-order valence-electron chi connectivity index (χ1n) is 10.3. The largest absolute Gasteiger partial charge is 0.466 e. The third kappa shape index (κ3) is 8.60. The maximum atomic E-state index is 11.2. The summed E-state index contributed by atoms with van der Waals surface area (Å²) in [5, 5.41) is 0. The van der Waals surface area contributed by atoms with Crippen LogP contribution in [0.15, 0.2) is 4.42 Å². The van der Waals surface area contributed by atoms with Gasteiger partial charge in [-0.1, -0.05) is 45.4 Å². The molecular weight excluding hydrogens is 312 g/mol. The number of carbonyl (C=O) groups is 1. The minimum atomic E-state index is -0.0547. The van der Waals surface area contributed by atoms with E-state index in [1.807, 2.05) is 6.92 Å². The molecule has 1 aromatic rings. The Morgan fingerprint density at radius 3 is 1.88 bits per heavy atom. The van der Waals surface area contributed by atoms with Crippen molar-refractivity contribution in [2.24, 2.45) is 0 Å². The number of ether oxygens (including phenoxy) is 1. The van der Waals surface area contributed by atoms with Crippen LogP contribution in [0.3, 0.4) is 0 Å². The minimum absolute atomic E-state index is 0.0547. The predicted molar refractivity (Wildman–Crippen MR) is 104 cm³/mol. The van der Waals surface area contributed by atoms with Crippen molar-refractivity contribution in [3.8, 4) is 0 Å². The molecular formula is C22H38O3. The summed E-state index contributed by atoms with van der Waals surface area (Å²) >= 11 is 0. The summed E-state index contributed by atoms with van der Waals surface area (Å²) in [5.74, 6) is 2.35. The van der Waals surface area contributed by atoms with Crippen LogP contribution in [0.5, 0.6) is 0 Å².